The van der Waals surface area contributed by atoms with Crippen LogP contribution in [0.1, 0.15) is 84.5 Å². The van der Waals surface area contributed by atoms with Crippen molar-refractivity contribution in [3.63, 3.8) is 0 Å². The van der Waals surface area contributed by atoms with Crippen molar-refractivity contribution in [1.29, 1.82) is 0 Å². The van der Waals surface area contributed by atoms with E-state index in [-0.39, 0.29) is 37.0 Å². The Labute approximate surface area is 351 Å². The maximum Gasteiger partial charge on any atom is 0.408 e. The van der Waals surface area contributed by atoms with Crippen LogP contribution in [0.25, 0.3) is 22.3 Å². The molecule has 1 saturated heterocycles. The van der Waals surface area contributed by atoms with Crippen molar-refractivity contribution in [3.05, 3.63) is 41.8 Å². The number of rotatable bonds is 10. The third-order valence-corrected chi connectivity index (χ3v) is 12.3. The van der Waals surface area contributed by atoms with Gasteiger partial charge in [-0.05, 0) is 88.6 Å². The number of carbonyl (C=O) groups excluding carboxylic acids is 4. The Bertz CT molecular complexity index is 2230. The van der Waals surface area contributed by atoms with Crippen molar-refractivity contribution in [1.82, 2.24) is 46.1 Å². The highest BCUT2D eigenvalue weighted by Crippen LogP contribution is 2.46. The van der Waals surface area contributed by atoms with Gasteiger partial charge in [0.1, 0.15) is 52.7 Å². The fraction of sp³-hybridized carbons (Fsp3) is 0.537. The molecule has 5 atom stereocenters. The summed E-state index contributed by atoms with van der Waals surface area (Å²) in [5, 5.41) is 28.9. The summed E-state index contributed by atoms with van der Waals surface area (Å²) in [4.78, 5) is 67.8. The van der Waals surface area contributed by atoms with Crippen LogP contribution in [-0.4, -0.2) is 109 Å². The van der Waals surface area contributed by atoms with Crippen molar-refractivity contribution >= 4 is 57.1 Å². The lowest BCUT2D eigenvalue weighted by molar-refractivity contribution is -0.141. The molecular weight excluding hydrogens is 791 g/mol. The van der Waals surface area contributed by atoms with Crippen molar-refractivity contribution in [2.24, 2.45) is 5.92 Å². The van der Waals surface area contributed by atoms with E-state index in [0.717, 1.165) is 55.5 Å². The highest BCUT2D eigenvalue weighted by Gasteiger charge is 2.61. The number of methoxy groups -OCH3 is 1. The number of thiazole rings is 1. The molecule has 4 aromatic rings. The number of hydrogen-bond donors (Lipinski definition) is 5. The van der Waals surface area contributed by atoms with Gasteiger partial charge in [0.15, 0.2) is 5.13 Å². The normalized spacial score (nSPS) is 25.4. The lowest BCUT2D eigenvalue weighted by atomic mass is 10.0. The molecule has 5 N–H and O–H groups in total. The topological polar surface area (TPSA) is 228 Å². The van der Waals surface area contributed by atoms with Crippen LogP contribution < -0.4 is 30.7 Å². The Kier molecular flexibility index (Phi) is 12.1. The molecule has 2 saturated carbocycles. The zero-order valence-electron chi connectivity index (χ0n) is 33.9. The number of anilines is 2. The molecule has 4 amide bonds. The highest BCUT2D eigenvalue weighted by atomic mass is 32.1. The van der Waals surface area contributed by atoms with Gasteiger partial charge in [0.2, 0.25) is 11.8 Å². The van der Waals surface area contributed by atoms with E-state index < -0.39 is 47.5 Å². The maximum atomic E-state index is 14.8. The smallest absolute Gasteiger partial charge is 0.408 e. The third kappa shape index (κ3) is 9.14. The number of amides is 4. The van der Waals surface area contributed by atoms with Crippen LogP contribution in [0.15, 0.2) is 41.8 Å². The first kappa shape index (κ1) is 40.9. The van der Waals surface area contributed by atoms with Gasteiger partial charge < -0.3 is 35.1 Å². The van der Waals surface area contributed by atoms with Crippen LogP contribution in [0.4, 0.5) is 15.9 Å². The number of H-pyrrole nitrogens is 1. The Hall–Kier alpha value is -5.85. The molecule has 3 aromatic heterocycles. The number of aromatic nitrogens is 6. The molecule has 19 heteroatoms. The Morgan fingerprint density at radius 2 is 1.87 bits per heavy atom. The monoisotopic (exact) mass is 841 g/mol. The Balaban J connectivity index is 1.12. The summed E-state index contributed by atoms with van der Waals surface area (Å²) in [5.41, 5.74) is 0.445. The van der Waals surface area contributed by atoms with Gasteiger partial charge in [-0.2, -0.15) is 5.21 Å². The number of carbonyl (C=O) groups is 4. The largest absolute Gasteiger partial charge is 0.497 e. The maximum absolute atomic E-state index is 14.8. The van der Waals surface area contributed by atoms with Gasteiger partial charge in [0.05, 0.1) is 19.2 Å². The average molecular weight is 842 g/mol. The van der Waals surface area contributed by atoms with Crippen LogP contribution in [0.3, 0.4) is 0 Å². The summed E-state index contributed by atoms with van der Waals surface area (Å²) in [5.74, 6) is -0.697. The molecule has 2 aliphatic carbocycles. The molecule has 0 bridgehead atoms. The number of fused-ring (bicyclic) bond motifs is 3. The van der Waals surface area contributed by atoms with Crippen molar-refractivity contribution in [3.8, 4) is 22.9 Å². The van der Waals surface area contributed by atoms with Crippen LogP contribution in [0.2, 0.25) is 0 Å². The minimum absolute atomic E-state index is 0.0233. The molecule has 18 nitrogen and oxygen atoms in total. The fourth-order valence-corrected chi connectivity index (χ4v) is 9.17. The lowest BCUT2D eigenvalue weighted by Crippen LogP contribution is -2.57. The SMILES string of the molecule is COc1ccc2cc(O[C@@H]3C[C@H]4C(=O)N[C@]5(C(=O)Nc6nn[nH]n6)C[C@@H]5/C=C\CCCCC[C@H](NC(=O)OC5CCCC5)C(=O)N4C3)c(-c3csc(NC(C)C)n3)nc2c1. The van der Waals surface area contributed by atoms with Crippen LogP contribution in [0.5, 0.6) is 11.5 Å². The van der Waals surface area contributed by atoms with Crippen LogP contribution in [0, 0.1) is 5.92 Å². The molecule has 0 unspecified atom stereocenters. The molecule has 8 rings (SSSR count). The number of benzene rings is 1. The van der Waals surface area contributed by atoms with Gasteiger partial charge in [-0.3, -0.25) is 19.7 Å². The minimum Gasteiger partial charge on any atom is -0.497 e. The molecule has 0 radical (unpaired) electrons. The number of hydrogen-bond acceptors (Lipinski definition) is 14. The van der Waals surface area contributed by atoms with E-state index in [0.29, 0.717) is 47.7 Å². The summed E-state index contributed by atoms with van der Waals surface area (Å²) >= 11 is 1.45. The van der Waals surface area contributed by atoms with Crippen molar-refractivity contribution < 1.29 is 33.4 Å². The summed E-state index contributed by atoms with van der Waals surface area (Å²) in [7, 11) is 1.60. The molecule has 318 valence electrons. The van der Waals surface area contributed by atoms with Gasteiger partial charge in [-0.25, -0.2) is 14.8 Å². The third-order valence-electron chi connectivity index (χ3n) is 11.5. The zero-order chi connectivity index (χ0) is 41.8. The van der Waals surface area contributed by atoms with E-state index >= 15 is 0 Å². The molecule has 3 fully saturated rings. The number of aromatic amines is 1. The van der Waals surface area contributed by atoms with E-state index in [9.17, 15) is 19.2 Å². The average Bonchev–Trinajstić information content (AvgIpc) is 3.87. The summed E-state index contributed by atoms with van der Waals surface area (Å²) in [6.45, 7) is 4.09. The number of allylic oxidation sites excluding steroid dienone is 1. The first-order chi connectivity index (χ1) is 29.1. The number of ether oxygens (including phenoxy) is 3. The lowest BCUT2D eigenvalue weighted by Gasteiger charge is -2.30. The number of pyridine rings is 1. The van der Waals surface area contributed by atoms with Gasteiger partial charge in [-0.15, -0.1) is 16.4 Å². The second-order valence-electron chi connectivity index (χ2n) is 16.2. The molecule has 2 aliphatic heterocycles. The second-order valence-corrected chi connectivity index (χ2v) is 17.1. The Morgan fingerprint density at radius 3 is 2.65 bits per heavy atom. The van der Waals surface area contributed by atoms with Crippen LogP contribution in [-0.2, 0) is 19.1 Å². The molecule has 1 aromatic carbocycles. The summed E-state index contributed by atoms with van der Waals surface area (Å²) in [6.07, 6.45) is 9.87. The molecule has 60 heavy (non-hydrogen) atoms. The summed E-state index contributed by atoms with van der Waals surface area (Å²) < 4.78 is 18.0. The van der Waals surface area contributed by atoms with Crippen LogP contribution >= 0.6 is 11.3 Å². The predicted molar refractivity (Wildman–Crippen MR) is 222 cm³/mol. The van der Waals surface area contributed by atoms with E-state index in [4.69, 9.17) is 24.2 Å². The first-order valence-corrected chi connectivity index (χ1v) is 21.7. The zero-order valence-corrected chi connectivity index (χ0v) is 34.8. The number of tetrazole rings is 1. The van der Waals surface area contributed by atoms with Crippen molar-refractivity contribution in [2.75, 3.05) is 24.3 Å². The molecular formula is C41H51N11O7S. The van der Waals surface area contributed by atoms with Gasteiger partial charge in [0, 0.05) is 35.2 Å². The fourth-order valence-electron chi connectivity index (χ4n) is 8.33. The minimum atomic E-state index is -1.31. The van der Waals surface area contributed by atoms with Gasteiger partial charge in [-0.1, -0.05) is 30.1 Å². The number of nitrogens with one attached hydrogen (secondary N) is 5. The van der Waals surface area contributed by atoms with E-state index in [1.54, 1.807) is 7.11 Å². The number of nitrogens with zero attached hydrogens (tertiary/aromatic N) is 6. The quantitative estimate of drug-likeness (QED) is 0.131. The molecule has 0 spiro atoms. The Morgan fingerprint density at radius 1 is 1.03 bits per heavy atom. The first-order valence-electron chi connectivity index (χ1n) is 20.8. The van der Waals surface area contributed by atoms with Crippen molar-refractivity contribution in [2.45, 2.75) is 120 Å². The molecule has 5 heterocycles. The standard InChI is InChI=1S/C41H51N11O7S/c1-23(2)42-39-44-31(22-60-39)34-33(17-24-15-16-27(57-3)18-30(24)43-34)58-28-19-32-35(53)47-41(37(55)46-38-48-50-51-49-38)20-25(41)11-7-5-4-6-8-14-29(36(54)52(32)21-28)45-40(56)59-26-12-9-10-13-26/h7,11,15-18,22-23,25-26,28-29,32H,4-6,8-10,12-14,19-21H2,1-3H3,(H,42,44)(H,45,56)(H,47,53)(H2,46,48,49,50,51,55)/b11-7-/t25-,28+,29-,32-,41+/m0/s1. The summed E-state index contributed by atoms with van der Waals surface area (Å²) in [6, 6.07) is 5.61. The molecule has 4 aliphatic rings. The van der Waals surface area contributed by atoms with E-state index in [2.05, 4.69) is 41.9 Å². The van der Waals surface area contributed by atoms with E-state index in [1.807, 2.05) is 55.6 Å². The highest BCUT2D eigenvalue weighted by molar-refractivity contribution is 7.14. The van der Waals surface area contributed by atoms with E-state index in [1.165, 1.54) is 16.2 Å². The number of alkyl carbamates (subject to hydrolysis) is 1. The second kappa shape index (κ2) is 17.8. The van der Waals surface area contributed by atoms with Gasteiger partial charge >= 0.3 is 6.09 Å². The van der Waals surface area contributed by atoms with Gasteiger partial charge in [0.25, 0.3) is 11.9 Å². The predicted octanol–water partition coefficient (Wildman–Crippen LogP) is 5.12.